The number of nitrogens with one attached hydrogen (secondary N) is 1. The van der Waals surface area contributed by atoms with E-state index in [1.165, 1.54) is 25.9 Å². The maximum atomic E-state index is 5.67. The minimum absolute atomic E-state index is 0.472. The Morgan fingerprint density at radius 1 is 1.42 bits per heavy atom. The Morgan fingerprint density at radius 2 is 2.11 bits per heavy atom. The first-order chi connectivity index (χ1) is 9.06. The van der Waals surface area contributed by atoms with Crippen LogP contribution in [0.4, 0.5) is 5.69 Å². The maximum absolute atomic E-state index is 5.67. The van der Waals surface area contributed by atoms with E-state index in [0.717, 1.165) is 29.3 Å². The lowest BCUT2D eigenvalue weighted by atomic mass is 9.97. The molecule has 0 saturated carbocycles. The standard InChI is InChI=1S/C15H23N3S/c1-11-9-13(3-4-14(11)15(16)19)17-10-12-5-7-18(2)8-6-12/h3-4,9,12,17H,5-8,10H2,1-2H3,(H2,16,19). The molecule has 3 N–H and O–H groups in total. The van der Waals surface area contributed by atoms with Gasteiger partial charge in [-0.2, -0.15) is 0 Å². The quantitative estimate of drug-likeness (QED) is 0.829. The Hall–Kier alpha value is -1.13. The van der Waals surface area contributed by atoms with E-state index >= 15 is 0 Å². The van der Waals surface area contributed by atoms with E-state index in [0.29, 0.717) is 4.99 Å². The molecule has 1 fully saturated rings. The van der Waals surface area contributed by atoms with Gasteiger partial charge < -0.3 is 16.0 Å². The molecular weight excluding hydrogens is 254 g/mol. The summed E-state index contributed by atoms with van der Waals surface area (Å²) in [5.41, 5.74) is 8.95. The van der Waals surface area contributed by atoms with E-state index in [1.807, 2.05) is 6.07 Å². The van der Waals surface area contributed by atoms with E-state index in [-0.39, 0.29) is 0 Å². The highest BCUT2D eigenvalue weighted by atomic mass is 32.1. The topological polar surface area (TPSA) is 41.3 Å². The van der Waals surface area contributed by atoms with Crippen molar-refractivity contribution in [1.82, 2.24) is 4.90 Å². The van der Waals surface area contributed by atoms with Crippen LogP contribution in [0.5, 0.6) is 0 Å². The molecule has 0 unspecified atom stereocenters. The number of hydrogen-bond donors (Lipinski definition) is 2. The summed E-state index contributed by atoms with van der Waals surface area (Å²) in [5.74, 6) is 0.784. The van der Waals surface area contributed by atoms with Crippen LogP contribution in [0.25, 0.3) is 0 Å². The molecule has 1 aromatic carbocycles. The number of benzene rings is 1. The van der Waals surface area contributed by atoms with Crippen molar-refractivity contribution in [2.45, 2.75) is 19.8 Å². The SMILES string of the molecule is Cc1cc(NCC2CCN(C)CC2)ccc1C(N)=S. The molecule has 0 radical (unpaired) electrons. The average molecular weight is 277 g/mol. The van der Waals surface area contributed by atoms with E-state index in [2.05, 4.69) is 36.3 Å². The van der Waals surface area contributed by atoms with Crippen molar-refractivity contribution in [1.29, 1.82) is 0 Å². The predicted octanol–water partition coefficient (Wildman–Crippen LogP) is 2.38. The summed E-state index contributed by atoms with van der Waals surface area (Å²) < 4.78 is 0. The minimum Gasteiger partial charge on any atom is -0.389 e. The first-order valence-corrected chi connectivity index (χ1v) is 7.30. The summed E-state index contributed by atoms with van der Waals surface area (Å²) >= 11 is 5.02. The van der Waals surface area contributed by atoms with Crippen molar-refractivity contribution in [2.24, 2.45) is 11.7 Å². The Morgan fingerprint density at radius 3 is 2.68 bits per heavy atom. The summed E-state index contributed by atoms with van der Waals surface area (Å²) in [7, 11) is 2.20. The molecule has 1 aliphatic heterocycles. The lowest BCUT2D eigenvalue weighted by molar-refractivity contribution is 0.226. The van der Waals surface area contributed by atoms with Crippen molar-refractivity contribution in [2.75, 3.05) is 32.0 Å². The lowest BCUT2D eigenvalue weighted by Gasteiger charge is -2.29. The van der Waals surface area contributed by atoms with E-state index in [1.54, 1.807) is 0 Å². The first kappa shape index (κ1) is 14.3. The third-order valence-electron chi connectivity index (χ3n) is 3.92. The highest BCUT2D eigenvalue weighted by molar-refractivity contribution is 7.80. The molecule has 1 aromatic rings. The average Bonchev–Trinajstić information content (AvgIpc) is 2.37. The van der Waals surface area contributed by atoms with Gasteiger partial charge in [0.25, 0.3) is 0 Å². The molecule has 3 nitrogen and oxygen atoms in total. The van der Waals surface area contributed by atoms with Gasteiger partial charge in [0, 0.05) is 17.8 Å². The Balaban J connectivity index is 1.89. The van der Waals surface area contributed by atoms with Crippen molar-refractivity contribution >= 4 is 22.9 Å². The van der Waals surface area contributed by atoms with Gasteiger partial charge in [0.05, 0.1) is 0 Å². The van der Waals surface area contributed by atoms with Crippen LogP contribution in [-0.4, -0.2) is 36.6 Å². The van der Waals surface area contributed by atoms with Gasteiger partial charge in [-0.05, 0) is 69.6 Å². The second kappa shape index (κ2) is 6.35. The van der Waals surface area contributed by atoms with E-state index in [9.17, 15) is 0 Å². The van der Waals surface area contributed by atoms with Crippen LogP contribution < -0.4 is 11.1 Å². The molecular formula is C15H23N3S. The van der Waals surface area contributed by atoms with Crippen LogP contribution >= 0.6 is 12.2 Å². The van der Waals surface area contributed by atoms with Gasteiger partial charge in [0.2, 0.25) is 0 Å². The minimum atomic E-state index is 0.472. The normalized spacial score (nSPS) is 17.4. The second-order valence-corrected chi connectivity index (χ2v) is 5.96. The molecule has 1 aliphatic rings. The first-order valence-electron chi connectivity index (χ1n) is 6.89. The van der Waals surface area contributed by atoms with Crippen LogP contribution in [0.2, 0.25) is 0 Å². The predicted molar refractivity (Wildman–Crippen MR) is 85.8 cm³/mol. The molecule has 1 saturated heterocycles. The molecule has 19 heavy (non-hydrogen) atoms. The number of likely N-dealkylation sites (tertiary alicyclic amines) is 1. The van der Waals surface area contributed by atoms with Gasteiger partial charge in [0.1, 0.15) is 4.99 Å². The Kier molecular flexibility index (Phi) is 4.77. The molecule has 0 spiro atoms. The Labute approximate surface area is 121 Å². The maximum Gasteiger partial charge on any atom is 0.104 e. The number of nitrogens with two attached hydrogens (primary N) is 1. The van der Waals surface area contributed by atoms with Crippen LogP contribution in [0, 0.1) is 12.8 Å². The van der Waals surface area contributed by atoms with Crippen LogP contribution in [0.3, 0.4) is 0 Å². The molecule has 4 heteroatoms. The van der Waals surface area contributed by atoms with Gasteiger partial charge in [0.15, 0.2) is 0 Å². The van der Waals surface area contributed by atoms with Crippen molar-refractivity contribution in [3.8, 4) is 0 Å². The van der Waals surface area contributed by atoms with E-state index < -0.39 is 0 Å². The van der Waals surface area contributed by atoms with Crippen molar-refractivity contribution < 1.29 is 0 Å². The van der Waals surface area contributed by atoms with Crippen LogP contribution in [0.1, 0.15) is 24.0 Å². The molecule has 0 aliphatic carbocycles. The van der Waals surface area contributed by atoms with Gasteiger partial charge in [-0.1, -0.05) is 12.2 Å². The van der Waals surface area contributed by atoms with Gasteiger partial charge in [-0.25, -0.2) is 0 Å². The summed E-state index contributed by atoms with van der Waals surface area (Å²) in [6, 6.07) is 6.20. The third kappa shape index (κ3) is 3.91. The Bertz CT molecular complexity index is 451. The van der Waals surface area contributed by atoms with E-state index in [4.69, 9.17) is 18.0 Å². The fourth-order valence-corrected chi connectivity index (χ4v) is 2.81. The van der Waals surface area contributed by atoms with Gasteiger partial charge in [-0.15, -0.1) is 0 Å². The smallest absolute Gasteiger partial charge is 0.104 e. The summed E-state index contributed by atoms with van der Waals surface area (Å²) in [6.07, 6.45) is 2.57. The molecule has 104 valence electrons. The summed E-state index contributed by atoms with van der Waals surface area (Å²) in [6.45, 7) is 5.53. The highest BCUT2D eigenvalue weighted by Gasteiger charge is 2.16. The molecule has 1 heterocycles. The number of piperidine rings is 1. The number of aryl methyl sites for hydroxylation is 1. The number of hydrogen-bond acceptors (Lipinski definition) is 3. The molecule has 0 amide bonds. The van der Waals surface area contributed by atoms with Crippen LogP contribution in [-0.2, 0) is 0 Å². The zero-order chi connectivity index (χ0) is 13.8. The number of thiocarbonyl (C=S) groups is 1. The summed E-state index contributed by atoms with van der Waals surface area (Å²) in [5, 5.41) is 3.53. The van der Waals surface area contributed by atoms with Crippen LogP contribution in [0.15, 0.2) is 18.2 Å². The summed E-state index contributed by atoms with van der Waals surface area (Å²) in [4.78, 5) is 2.87. The number of rotatable bonds is 4. The van der Waals surface area contributed by atoms with Gasteiger partial charge >= 0.3 is 0 Å². The molecule has 0 aromatic heterocycles. The fraction of sp³-hybridized carbons (Fsp3) is 0.533. The van der Waals surface area contributed by atoms with Gasteiger partial charge in [-0.3, -0.25) is 0 Å². The van der Waals surface area contributed by atoms with Crippen molar-refractivity contribution in [3.63, 3.8) is 0 Å². The zero-order valence-electron chi connectivity index (χ0n) is 11.8. The number of anilines is 1. The number of nitrogens with zero attached hydrogens (tertiary/aromatic N) is 1. The van der Waals surface area contributed by atoms with Crippen molar-refractivity contribution in [3.05, 3.63) is 29.3 Å². The molecule has 0 atom stereocenters. The lowest BCUT2D eigenvalue weighted by Crippen LogP contribution is -2.32. The third-order valence-corrected chi connectivity index (χ3v) is 4.14. The monoisotopic (exact) mass is 277 g/mol. The largest absolute Gasteiger partial charge is 0.389 e. The molecule has 2 rings (SSSR count). The second-order valence-electron chi connectivity index (χ2n) is 5.52. The zero-order valence-corrected chi connectivity index (χ0v) is 12.6. The highest BCUT2D eigenvalue weighted by Crippen LogP contribution is 2.19. The fourth-order valence-electron chi connectivity index (χ4n) is 2.58. The molecule has 0 bridgehead atoms.